The molecule has 0 saturated carbocycles. The van der Waals surface area contributed by atoms with Gasteiger partial charge in [0.05, 0.1) is 11.0 Å². The van der Waals surface area contributed by atoms with Crippen molar-refractivity contribution >= 4 is 27.8 Å². The molecule has 2 rings (SSSR count). The van der Waals surface area contributed by atoms with Crippen LogP contribution in [0.3, 0.4) is 0 Å². The number of aromatic amines is 1. The molecule has 0 aliphatic heterocycles. The molecule has 0 saturated heterocycles. The van der Waals surface area contributed by atoms with Crippen molar-refractivity contribution in [1.82, 2.24) is 9.97 Å². The maximum absolute atomic E-state index is 10.8. The molecule has 80 valence electrons. The molecule has 1 atom stereocenters. The van der Waals surface area contributed by atoms with Crippen LogP contribution in [0.5, 0.6) is 0 Å². The minimum atomic E-state index is -0.761. The summed E-state index contributed by atoms with van der Waals surface area (Å²) in [7, 11) is -0.761. The number of hydrogen-bond donors (Lipinski definition) is 2. The third-order valence-corrected chi connectivity index (χ3v) is 2.85. The first-order valence-corrected chi connectivity index (χ1v) is 6.47. The van der Waals surface area contributed by atoms with E-state index in [2.05, 4.69) is 15.3 Å². The van der Waals surface area contributed by atoms with Crippen LogP contribution >= 0.6 is 0 Å². The molecular weight excluding hydrogens is 210 g/mol. The first kappa shape index (κ1) is 10.2. The average molecular weight is 223 g/mol. The molecule has 1 heterocycles. The number of aromatic nitrogens is 2. The molecule has 1 unspecified atom stereocenters. The van der Waals surface area contributed by atoms with Crippen LogP contribution < -0.4 is 5.32 Å². The van der Waals surface area contributed by atoms with Gasteiger partial charge >= 0.3 is 0 Å². The van der Waals surface area contributed by atoms with Crippen molar-refractivity contribution in [3.05, 3.63) is 24.3 Å². The van der Waals surface area contributed by atoms with E-state index < -0.39 is 10.8 Å². The molecule has 5 heteroatoms. The van der Waals surface area contributed by atoms with Gasteiger partial charge in [-0.25, -0.2) is 4.98 Å². The fourth-order valence-corrected chi connectivity index (χ4v) is 1.74. The number of benzene rings is 1. The SMILES string of the molecule is CS(=O)CCNc1nc2ccccc2[nH]1. The van der Waals surface area contributed by atoms with Crippen molar-refractivity contribution in [3.63, 3.8) is 0 Å². The highest BCUT2D eigenvalue weighted by molar-refractivity contribution is 7.84. The Morgan fingerprint density at radius 2 is 2.27 bits per heavy atom. The van der Waals surface area contributed by atoms with Crippen LogP contribution in [0, 0.1) is 0 Å². The van der Waals surface area contributed by atoms with Gasteiger partial charge in [0.1, 0.15) is 0 Å². The number of imidazole rings is 1. The molecular formula is C10H13N3OS. The summed E-state index contributed by atoms with van der Waals surface area (Å²) in [5.74, 6) is 1.37. The Hall–Kier alpha value is -1.36. The van der Waals surface area contributed by atoms with E-state index in [4.69, 9.17) is 0 Å². The number of para-hydroxylation sites is 2. The smallest absolute Gasteiger partial charge is 0.201 e. The van der Waals surface area contributed by atoms with Crippen molar-refractivity contribution < 1.29 is 4.21 Å². The van der Waals surface area contributed by atoms with Crippen molar-refractivity contribution in [3.8, 4) is 0 Å². The number of anilines is 1. The highest BCUT2D eigenvalue weighted by Gasteiger charge is 2.00. The summed E-state index contributed by atoms with van der Waals surface area (Å²) in [4.78, 5) is 7.49. The minimum Gasteiger partial charge on any atom is -0.355 e. The van der Waals surface area contributed by atoms with Gasteiger partial charge in [0, 0.05) is 29.4 Å². The maximum atomic E-state index is 10.8. The molecule has 4 nitrogen and oxygen atoms in total. The third kappa shape index (κ3) is 2.56. The van der Waals surface area contributed by atoms with Crippen LogP contribution in [0.15, 0.2) is 24.3 Å². The van der Waals surface area contributed by atoms with Gasteiger partial charge in [-0.2, -0.15) is 0 Å². The monoisotopic (exact) mass is 223 g/mol. The number of rotatable bonds is 4. The van der Waals surface area contributed by atoms with Gasteiger partial charge in [0.25, 0.3) is 0 Å². The number of fused-ring (bicyclic) bond motifs is 1. The normalized spacial score (nSPS) is 12.9. The van der Waals surface area contributed by atoms with Crippen LogP contribution in [0.1, 0.15) is 0 Å². The van der Waals surface area contributed by atoms with Gasteiger partial charge in [0.2, 0.25) is 5.95 Å². The highest BCUT2D eigenvalue weighted by Crippen LogP contribution is 2.12. The zero-order valence-corrected chi connectivity index (χ0v) is 9.30. The van der Waals surface area contributed by atoms with Crippen LogP contribution in [0.4, 0.5) is 5.95 Å². The quantitative estimate of drug-likeness (QED) is 0.822. The Balaban J connectivity index is 2.05. The van der Waals surface area contributed by atoms with Crippen molar-refractivity contribution in [2.75, 3.05) is 23.9 Å². The topological polar surface area (TPSA) is 57.8 Å². The summed E-state index contributed by atoms with van der Waals surface area (Å²) >= 11 is 0. The molecule has 0 bridgehead atoms. The van der Waals surface area contributed by atoms with Gasteiger partial charge in [-0.05, 0) is 12.1 Å². The van der Waals surface area contributed by atoms with Gasteiger partial charge in [-0.3, -0.25) is 4.21 Å². The minimum absolute atomic E-state index is 0.636. The largest absolute Gasteiger partial charge is 0.355 e. The molecule has 2 aromatic rings. The summed E-state index contributed by atoms with van der Waals surface area (Å²) in [6, 6.07) is 7.85. The van der Waals surface area contributed by atoms with Crippen molar-refractivity contribution in [2.45, 2.75) is 0 Å². The van der Waals surface area contributed by atoms with E-state index in [1.54, 1.807) is 6.26 Å². The van der Waals surface area contributed by atoms with E-state index in [1.807, 2.05) is 24.3 Å². The molecule has 0 radical (unpaired) electrons. The first-order chi connectivity index (χ1) is 7.25. The molecule has 1 aromatic heterocycles. The van der Waals surface area contributed by atoms with Gasteiger partial charge < -0.3 is 10.3 Å². The Kier molecular flexibility index (Phi) is 3.01. The van der Waals surface area contributed by atoms with E-state index in [9.17, 15) is 4.21 Å². The number of H-pyrrole nitrogens is 1. The standard InChI is InChI=1S/C10H13N3OS/c1-15(14)7-6-11-10-12-8-4-2-3-5-9(8)13-10/h2-5H,6-7H2,1H3,(H2,11,12,13). The number of nitrogens with zero attached hydrogens (tertiary/aromatic N) is 1. The molecule has 0 fully saturated rings. The lowest BCUT2D eigenvalue weighted by Gasteiger charge is -1.99. The van der Waals surface area contributed by atoms with Gasteiger partial charge in [-0.1, -0.05) is 12.1 Å². The van der Waals surface area contributed by atoms with Gasteiger partial charge in [0.15, 0.2) is 0 Å². The van der Waals surface area contributed by atoms with E-state index >= 15 is 0 Å². The van der Waals surface area contributed by atoms with E-state index in [1.165, 1.54) is 0 Å². The maximum Gasteiger partial charge on any atom is 0.201 e. The molecule has 15 heavy (non-hydrogen) atoms. The highest BCUT2D eigenvalue weighted by atomic mass is 32.2. The Morgan fingerprint density at radius 1 is 1.47 bits per heavy atom. The molecule has 0 aliphatic carbocycles. The van der Waals surface area contributed by atoms with Crippen LogP contribution in [-0.4, -0.2) is 32.7 Å². The Morgan fingerprint density at radius 3 is 3.00 bits per heavy atom. The summed E-state index contributed by atoms with van der Waals surface area (Å²) < 4.78 is 10.8. The number of nitrogens with one attached hydrogen (secondary N) is 2. The lowest BCUT2D eigenvalue weighted by molar-refractivity contribution is 0.687. The summed E-state index contributed by atoms with van der Waals surface area (Å²) in [6.45, 7) is 0.670. The third-order valence-electron chi connectivity index (χ3n) is 2.07. The van der Waals surface area contributed by atoms with E-state index in [-0.39, 0.29) is 0 Å². The lowest BCUT2D eigenvalue weighted by Crippen LogP contribution is -2.10. The summed E-state index contributed by atoms with van der Waals surface area (Å²) in [5, 5.41) is 3.11. The zero-order chi connectivity index (χ0) is 10.7. The summed E-state index contributed by atoms with van der Waals surface area (Å²) in [5.41, 5.74) is 1.95. The summed E-state index contributed by atoms with van der Waals surface area (Å²) in [6.07, 6.45) is 1.69. The predicted octanol–water partition coefficient (Wildman–Crippen LogP) is 1.35. The lowest BCUT2D eigenvalue weighted by atomic mass is 10.3. The number of hydrogen-bond acceptors (Lipinski definition) is 3. The zero-order valence-electron chi connectivity index (χ0n) is 8.49. The van der Waals surface area contributed by atoms with Crippen LogP contribution in [0.2, 0.25) is 0 Å². The van der Waals surface area contributed by atoms with Crippen molar-refractivity contribution in [1.29, 1.82) is 0 Å². The van der Waals surface area contributed by atoms with Crippen LogP contribution in [-0.2, 0) is 10.8 Å². The van der Waals surface area contributed by atoms with Crippen molar-refractivity contribution in [2.24, 2.45) is 0 Å². The Bertz CT molecular complexity index is 447. The van der Waals surface area contributed by atoms with Gasteiger partial charge in [-0.15, -0.1) is 0 Å². The van der Waals surface area contributed by atoms with E-state index in [0.29, 0.717) is 12.3 Å². The first-order valence-electron chi connectivity index (χ1n) is 4.74. The second-order valence-electron chi connectivity index (χ2n) is 3.31. The second kappa shape index (κ2) is 4.44. The Labute approximate surface area is 90.6 Å². The second-order valence-corrected chi connectivity index (χ2v) is 4.86. The fourth-order valence-electron chi connectivity index (χ4n) is 1.35. The predicted molar refractivity (Wildman–Crippen MR) is 63.5 cm³/mol. The fraction of sp³-hybridized carbons (Fsp3) is 0.300. The molecule has 0 aliphatic rings. The molecule has 0 amide bonds. The molecule has 1 aromatic carbocycles. The average Bonchev–Trinajstić information content (AvgIpc) is 2.59. The molecule has 2 N–H and O–H groups in total. The van der Waals surface area contributed by atoms with Crippen LogP contribution in [0.25, 0.3) is 11.0 Å². The van der Waals surface area contributed by atoms with E-state index in [0.717, 1.165) is 17.0 Å². The molecule has 0 spiro atoms.